The molecule has 1 amide bonds. The van der Waals surface area contributed by atoms with Crippen LogP contribution in [0.1, 0.15) is 46.4 Å². The molecule has 0 aliphatic rings. The second-order valence-corrected chi connectivity index (χ2v) is 10.0. The van der Waals surface area contributed by atoms with Gasteiger partial charge in [0.2, 0.25) is 5.91 Å². The quantitative estimate of drug-likeness (QED) is 0.189. The summed E-state index contributed by atoms with van der Waals surface area (Å²) in [4.78, 5) is 46.2. The molecule has 12 heteroatoms. The maximum Gasteiger partial charge on any atom is 0.348 e. The van der Waals surface area contributed by atoms with Gasteiger partial charge in [0.05, 0.1) is 36.6 Å². The number of anilines is 1. The van der Waals surface area contributed by atoms with Crippen molar-refractivity contribution in [3.8, 4) is 22.9 Å². The maximum atomic E-state index is 13.1. The Morgan fingerprint density at radius 1 is 1.08 bits per heavy atom. The first kappa shape index (κ1) is 26.3. The van der Waals surface area contributed by atoms with Crippen LogP contribution < -0.4 is 5.32 Å². The number of H-pyrrole nitrogens is 1. The molecule has 4 rings (SSSR count). The summed E-state index contributed by atoms with van der Waals surface area (Å²) in [5.74, 6) is -0.457. The smallest absolute Gasteiger partial charge is 0.348 e. The van der Waals surface area contributed by atoms with Crippen LogP contribution in [-0.4, -0.2) is 46.3 Å². The lowest BCUT2D eigenvalue weighted by atomic mass is 10.1. The fourth-order valence-corrected chi connectivity index (χ4v) is 5.37. The van der Waals surface area contributed by atoms with Crippen LogP contribution in [0.15, 0.2) is 50.8 Å². The van der Waals surface area contributed by atoms with Gasteiger partial charge in [-0.05, 0) is 57.5 Å². The number of carbonyl (C=O) groups is 3. The second kappa shape index (κ2) is 11.5. The number of rotatable bonds is 10. The molecule has 4 aromatic heterocycles. The molecule has 2 N–H and O–H groups in total. The van der Waals surface area contributed by atoms with Gasteiger partial charge >= 0.3 is 11.9 Å². The normalized spacial score (nSPS) is 11.8. The number of furan rings is 2. The lowest BCUT2D eigenvalue weighted by Gasteiger charge is -2.11. The fraction of sp³-hybridized carbons (Fsp3) is 0.280. The third kappa shape index (κ3) is 5.65. The Kier molecular flexibility index (Phi) is 8.19. The van der Waals surface area contributed by atoms with E-state index in [-0.39, 0.29) is 34.6 Å². The average molecular weight is 544 g/mol. The molecule has 0 radical (unpaired) electrons. The number of nitrogens with zero attached hydrogens (tertiary/aromatic N) is 1. The number of imidazole rings is 1. The van der Waals surface area contributed by atoms with Gasteiger partial charge in [0.15, 0.2) is 16.7 Å². The largest absolute Gasteiger partial charge is 0.463 e. The highest BCUT2D eigenvalue weighted by atomic mass is 32.2. The number of hydrogen-bond acceptors (Lipinski definition) is 10. The van der Waals surface area contributed by atoms with Gasteiger partial charge in [-0.1, -0.05) is 11.8 Å². The van der Waals surface area contributed by atoms with E-state index in [1.807, 2.05) is 0 Å². The fourth-order valence-electron chi connectivity index (χ4n) is 3.47. The molecule has 194 valence electrons. The molecule has 37 heavy (non-hydrogen) atoms. The number of thioether (sulfide) groups is 1. The van der Waals surface area contributed by atoms with Gasteiger partial charge < -0.3 is 28.6 Å². The van der Waals surface area contributed by atoms with E-state index in [0.29, 0.717) is 33.6 Å². The van der Waals surface area contributed by atoms with E-state index >= 15 is 0 Å². The summed E-state index contributed by atoms with van der Waals surface area (Å²) >= 11 is 2.16. The first-order chi connectivity index (χ1) is 17.8. The summed E-state index contributed by atoms with van der Waals surface area (Å²) in [6.07, 6.45) is 3.10. The van der Waals surface area contributed by atoms with Crippen molar-refractivity contribution in [1.82, 2.24) is 9.97 Å². The molecule has 0 saturated carbocycles. The van der Waals surface area contributed by atoms with Gasteiger partial charge in [0.25, 0.3) is 0 Å². The van der Waals surface area contributed by atoms with E-state index in [1.165, 1.54) is 11.8 Å². The summed E-state index contributed by atoms with van der Waals surface area (Å²) in [6.45, 7) is 7.04. The predicted octanol–water partition coefficient (Wildman–Crippen LogP) is 5.77. The van der Waals surface area contributed by atoms with Crippen LogP contribution in [0.2, 0.25) is 0 Å². The van der Waals surface area contributed by atoms with Crippen LogP contribution in [-0.2, 0) is 14.3 Å². The first-order valence-electron chi connectivity index (χ1n) is 11.5. The van der Waals surface area contributed by atoms with Crippen LogP contribution in [0, 0.1) is 6.92 Å². The topological polar surface area (TPSA) is 137 Å². The van der Waals surface area contributed by atoms with Crippen molar-refractivity contribution in [2.75, 3.05) is 18.5 Å². The molecule has 1 atom stereocenters. The summed E-state index contributed by atoms with van der Waals surface area (Å²) in [6, 6.07) is 7.10. The lowest BCUT2D eigenvalue weighted by molar-refractivity contribution is -0.115. The zero-order valence-electron chi connectivity index (χ0n) is 20.6. The van der Waals surface area contributed by atoms with E-state index in [9.17, 15) is 14.4 Å². The number of ether oxygens (including phenoxy) is 2. The van der Waals surface area contributed by atoms with Gasteiger partial charge in [0, 0.05) is 0 Å². The van der Waals surface area contributed by atoms with E-state index in [4.69, 9.17) is 18.3 Å². The Bertz CT molecular complexity index is 1340. The van der Waals surface area contributed by atoms with E-state index in [0.717, 1.165) is 11.3 Å². The molecule has 0 spiro atoms. The molecule has 0 aliphatic carbocycles. The highest BCUT2D eigenvalue weighted by Gasteiger charge is 2.29. The Morgan fingerprint density at radius 2 is 1.73 bits per heavy atom. The van der Waals surface area contributed by atoms with Gasteiger partial charge in [0.1, 0.15) is 21.3 Å². The van der Waals surface area contributed by atoms with Gasteiger partial charge in [-0.25, -0.2) is 14.6 Å². The third-order valence-corrected chi connectivity index (χ3v) is 7.36. The van der Waals surface area contributed by atoms with E-state index in [2.05, 4.69) is 15.3 Å². The highest BCUT2D eigenvalue weighted by molar-refractivity contribution is 8.00. The Hall–Kier alpha value is -3.77. The van der Waals surface area contributed by atoms with Crippen molar-refractivity contribution in [3.05, 3.63) is 52.8 Å². The number of aromatic amines is 1. The van der Waals surface area contributed by atoms with Crippen LogP contribution >= 0.6 is 23.1 Å². The first-order valence-corrected chi connectivity index (χ1v) is 13.2. The maximum absolute atomic E-state index is 13.1. The zero-order chi connectivity index (χ0) is 26.5. The van der Waals surface area contributed by atoms with Crippen molar-refractivity contribution >= 4 is 45.9 Å². The van der Waals surface area contributed by atoms with Gasteiger partial charge in [-0.2, -0.15) is 0 Å². The number of thiophene rings is 1. The Labute approximate surface area is 220 Å². The van der Waals surface area contributed by atoms with Crippen LogP contribution in [0.25, 0.3) is 22.9 Å². The zero-order valence-corrected chi connectivity index (χ0v) is 22.2. The van der Waals surface area contributed by atoms with Crippen molar-refractivity contribution in [1.29, 1.82) is 0 Å². The van der Waals surface area contributed by atoms with Crippen molar-refractivity contribution in [2.45, 2.75) is 38.1 Å². The highest BCUT2D eigenvalue weighted by Crippen LogP contribution is 2.37. The molecule has 1 unspecified atom stereocenters. The summed E-state index contributed by atoms with van der Waals surface area (Å²) in [5.41, 5.74) is 1.70. The van der Waals surface area contributed by atoms with E-state index in [1.54, 1.807) is 64.5 Å². The Morgan fingerprint density at radius 3 is 2.35 bits per heavy atom. The minimum absolute atomic E-state index is 0.138. The second-order valence-electron chi connectivity index (χ2n) is 7.67. The number of nitrogens with one attached hydrogen (secondary N) is 2. The molecule has 0 fully saturated rings. The third-order valence-electron chi connectivity index (χ3n) is 5.19. The number of aromatic nitrogens is 2. The summed E-state index contributed by atoms with van der Waals surface area (Å²) < 4.78 is 21.3. The van der Waals surface area contributed by atoms with E-state index < -0.39 is 17.2 Å². The van der Waals surface area contributed by atoms with Crippen LogP contribution in [0.3, 0.4) is 0 Å². The van der Waals surface area contributed by atoms with Gasteiger partial charge in [-0.15, -0.1) is 11.3 Å². The molecule has 4 heterocycles. The predicted molar refractivity (Wildman–Crippen MR) is 139 cm³/mol. The molecule has 0 bridgehead atoms. The van der Waals surface area contributed by atoms with Crippen molar-refractivity contribution in [2.24, 2.45) is 0 Å². The molecule has 0 aromatic carbocycles. The van der Waals surface area contributed by atoms with Crippen LogP contribution in [0.4, 0.5) is 5.00 Å². The van der Waals surface area contributed by atoms with Gasteiger partial charge in [-0.3, -0.25) is 4.79 Å². The van der Waals surface area contributed by atoms with Crippen molar-refractivity contribution in [3.63, 3.8) is 0 Å². The molecule has 0 saturated heterocycles. The average Bonchev–Trinajstić information content (AvgIpc) is 3.66. The Balaban J connectivity index is 1.57. The standard InChI is InChI=1S/C25H25N3O7S2/c1-5-32-23(30)17-13(3)20(24(31)33-6-2)37-22(17)28-21(29)14(4)36-25-26-18(15-9-7-11-34-15)19(27-25)16-10-8-12-35-16/h7-12,14H,5-6H2,1-4H3,(H,26,27)(H,28,29). The lowest BCUT2D eigenvalue weighted by Crippen LogP contribution is -2.23. The molecular weight excluding hydrogens is 518 g/mol. The minimum Gasteiger partial charge on any atom is -0.463 e. The molecule has 0 aliphatic heterocycles. The number of esters is 2. The van der Waals surface area contributed by atoms with Crippen LogP contribution in [0.5, 0.6) is 0 Å². The number of carbonyl (C=O) groups excluding carboxylic acids is 3. The van der Waals surface area contributed by atoms with Crippen molar-refractivity contribution < 1.29 is 32.7 Å². The summed E-state index contributed by atoms with van der Waals surface area (Å²) in [5, 5.41) is 2.85. The SMILES string of the molecule is CCOC(=O)c1sc(NC(=O)C(C)Sc2nc(-c3ccco3)c(-c3ccco3)[nH]2)c(C(=O)OCC)c1C. The molecular formula is C25H25N3O7S2. The summed E-state index contributed by atoms with van der Waals surface area (Å²) in [7, 11) is 0. The minimum atomic E-state index is -0.625. The number of hydrogen-bond donors (Lipinski definition) is 2. The monoisotopic (exact) mass is 543 g/mol. The molecule has 4 aromatic rings. The molecule has 10 nitrogen and oxygen atoms in total. The number of amides is 1.